The van der Waals surface area contributed by atoms with Gasteiger partial charge in [-0.1, -0.05) is 6.08 Å². The molecule has 1 aliphatic rings. The molecule has 3 N–H and O–H groups in total. The number of rotatable bonds is 12. The van der Waals surface area contributed by atoms with Crippen LogP contribution in [0.5, 0.6) is 0 Å². The largest absolute Gasteiger partial charge is 0.413 e. The molecular weight excluding hydrogens is 535 g/mol. The number of hydrogen-bond donors (Lipinski definition) is 3. The molecule has 41 heavy (non-hydrogen) atoms. The summed E-state index contributed by atoms with van der Waals surface area (Å²) in [5, 5.41) is 8.61. The number of allylic oxidation sites excluding steroid dienone is 2. The van der Waals surface area contributed by atoms with Gasteiger partial charge >= 0.3 is 6.18 Å². The molecule has 2 heterocycles. The van der Waals surface area contributed by atoms with Crippen molar-refractivity contribution >= 4 is 28.6 Å². The molecular formula is C28H36F3N9O. The third-order valence-electron chi connectivity index (χ3n) is 6.83. The summed E-state index contributed by atoms with van der Waals surface area (Å²) in [5.41, 5.74) is 2.35. The maximum atomic E-state index is 13.9. The number of hydrogen-bond acceptors (Lipinski definition) is 8. The van der Waals surface area contributed by atoms with E-state index in [0.717, 1.165) is 24.7 Å². The van der Waals surface area contributed by atoms with Crippen molar-refractivity contribution in [3.05, 3.63) is 60.3 Å². The number of alkyl halides is 3. The number of anilines is 2. The number of carbonyl (C=O) groups is 1. The lowest BCUT2D eigenvalue weighted by Gasteiger charge is -2.29. The maximum Gasteiger partial charge on any atom is 0.413 e. The minimum atomic E-state index is -4.47. The highest BCUT2D eigenvalue weighted by atomic mass is 19.4. The van der Waals surface area contributed by atoms with E-state index in [1.165, 1.54) is 6.33 Å². The Morgan fingerprint density at radius 3 is 2.54 bits per heavy atom. The van der Waals surface area contributed by atoms with Gasteiger partial charge in [0.25, 0.3) is 0 Å². The lowest BCUT2D eigenvalue weighted by atomic mass is 9.89. The lowest BCUT2D eigenvalue weighted by Crippen LogP contribution is -2.35. The summed E-state index contributed by atoms with van der Waals surface area (Å²) in [6.07, 6.45) is 2.46. The van der Waals surface area contributed by atoms with Crippen molar-refractivity contribution in [3.8, 4) is 5.69 Å². The predicted octanol–water partition coefficient (Wildman–Crippen LogP) is 3.66. The molecule has 1 aromatic carbocycles. The molecule has 0 aliphatic heterocycles. The van der Waals surface area contributed by atoms with Crippen molar-refractivity contribution in [2.75, 3.05) is 65.0 Å². The Hall–Kier alpha value is -3.97. The first-order valence-corrected chi connectivity index (χ1v) is 13.4. The van der Waals surface area contributed by atoms with Crippen LogP contribution in [0.1, 0.15) is 12.8 Å². The number of aromatic nitrogens is 4. The molecule has 3 aromatic rings. The van der Waals surface area contributed by atoms with E-state index in [9.17, 15) is 18.0 Å². The molecule has 0 saturated heterocycles. The molecule has 1 amide bonds. The van der Waals surface area contributed by atoms with Gasteiger partial charge in [0.1, 0.15) is 12.7 Å². The van der Waals surface area contributed by atoms with Crippen LogP contribution < -0.4 is 16.0 Å². The Labute approximate surface area is 237 Å². The molecule has 4 rings (SSSR count). The van der Waals surface area contributed by atoms with Gasteiger partial charge in [0, 0.05) is 42.2 Å². The van der Waals surface area contributed by atoms with Gasteiger partial charge in [-0.05, 0) is 77.4 Å². The number of carbonyl (C=O) groups excluding carboxylic acids is 1. The number of benzene rings is 1. The van der Waals surface area contributed by atoms with Gasteiger partial charge in [-0.15, -0.1) is 0 Å². The zero-order valence-electron chi connectivity index (χ0n) is 23.7. The molecule has 2 aromatic heterocycles. The molecule has 0 radical (unpaired) electrons. The monoisotopic (exact) mass is 571 g/mol. The van der Waals surface area contributed by atoms with Crippen molar-refractivity contribution < 1.29 is 18.0 Å². The zero-order valence-corrected chi connectivity index (χ0v) is 23.7. The van der Waals surface area contributed by atoms with Crippen molar-refractivity contribution in [1.29, 1.82) is 0 Å². The number of nitrogens with zero attached hydrogens (tertiary/aromatic N) is 6. The predicted molar refractivity (Wildman–Crippen MR) is 154 cm³/mol. The van der Waals surface area contributed by atoms with E-state index >= 15 is 0 Å². The average molecular weight is 572 g/mol. The Balaban J connectivity index is 1.32. The first-order chi connectivity index (χ1) is 19.5. The molecule has 10 nitrogen and oxygen atoms in total. The summed E-state index contributed by atoms with van der Waals surface area (Å²) in [6, 6.07) is 7.30. The van der Waals surface area contributed by atoms with Crippen LogP contribution in [0.4, 0.5) is 24.7 Å². The van der Waals surface area contributed by atoms with E-state index in [1.807, 2.05) is 42.7 Å². The highest BCUT2D eigenvalue weighted by Crippen LogP contribution is 2.37. The van der Waals surface area contributed by atoms with Gasteiger partial charge in [0.05, 0.1) is 6.54 Å². The first kappa shape index (κ1) is 30.0. The van der Waals surface area contributed by atoms with Crippen LogP contribution in [-0.2, 0) is 4.79 Å². The second kappa shape index (κ2) is 13.1. The van der Waals surface area contributed by atoms with Crippen LogP contribution in [0.25, 0.3) is 16.9 Å². The molecule has 0 spiro atoms. The van der Waals surface area contributed by atoms with E-state index in [-0.39, 0.29) is 18.7 Å². The van der Waals surface area contributed by atoms with Crippen LogP contribution >= 0.6 is 0 Å². The molecule has 1 unspecified atom stereocenters. The maximum absolute atomic E-state index is 13.9. The molecule has 0 fully saturated rings. The van der Waals surface area contributed by atoms with Gasteiger partial charge in [-0.2, -0.15) is 13.2 Å². The van der Waals surface area contributed by atoms with E-state index in [1.54, 1.807) is 31.6 Å². The summed E-state index contributed by atoms with van der Waals surface area (Å²) >= 11 is 0. The number of halogens is 3. The summed E-state index contributed by atoms with van der Waals surface area (Å²) < 4.78 is 43.5. The van der Waals surface area contributed by atoms with Crippen molar-refractivity contribution in [2.45, 2.75) is 19.0 Å². The fraction of sp³-hybridized carbons (Fsp3) is 0.429. The third kappa shape index (κ3) is 7.82. The molecule has 0 saturated carbocycles. The van der Waals surface area contributed by atoms with Gasteiger partial charge in [-0.25, -0.2) is 15.0 Å². The van der Waals surface area contributed by atoms with Gasteiger partial charge < -0.3 is 25.8 Å². The molecule has 1 atom stereocenters. The summed E-state index contributed by atoms with van der Waals surface area (Å²) in [7, 11) is 7.54. The number of nitrogens with one attached hydrogen (secondary N) is 3. The van der Waals surface area contributed by atoms with Gasteiger partial charge in [-0.3, -0.25) is 9.36 Å². The summed E-state index contributed by atoms with van der Waals surface area (Å²) in [4.78, 5) is 29.4. The van der Waals surface area contributed by atoms with Crippen LogP contribution in [0.2, 0.25) is 0 Å². The van der Waals surface area contributed by atoms with Crippen LogP contribution in [-0.4, -0.2) is 95.8 Å². The minimum Gasteiger partial charge on any atom is -0.376 e. The molecule has 13 heteroatoms. The average Bonchev–Trinajstić information content (AvgIpc) is 3.37. The lowest BCUT2D eigenvalue weighted by molar-refractivity contribution is -0.118. The molecule has 0 bridgehead atoms. The van der Waals surface area contributed by atoms with E-state index < -0.39 is 23.6 Å². The summed E-state index contributed by atoms with van der Waals surface area (Å²) in [6.45, 7) is 1.79. The zero-order chi connectivity index (χ0) is 29.6. The number of imidazole rings is 1. The van der Waals surface area contributed by atoms with Crippen LogP contribution in [0.3, 0.4) is 0 Å². The SMILES string of the molecule is CNc1ncnc2c1ncn2-c1ccc(NCC(=O)NC2=CCC(CN(C)CCCN(C)C)C(C(F)(F)F)=C2)cc1. The topological polar surface area (TPSA) is 103 Å². The van der Waals surface area contributed by atoms with Crippen molar-refractivity contribution in [2.24, 2.45) is 5.92 Å². The van der Waals surface area contributed by atoms with E-state index in [4.69, 9.17) is 0 Å². The van der Waals surface area contributed by atoms with Crippen molar-refractivity contribution in [1.82, 2.24) is 34.6 Å². The standard InChI is InChI=1S/C28H36F3N9O/c1-32-26-25-27(35-17-34-26)40(18-36-25)22-10-8-20(9-11-22)33-15-24(41)37-21-7-6-19(23(14-21)28(29,30)31)16-39(4)13-5-12-38(2)3/h7-11,14,17-19,33H,5-6,12-13,15-16H2,1-4H3,(H,37,41)(H,32,34,35). The quantitative estimate of drug-likeness (QED) is 0.303. The van der Waals surface area contributed by atoms with E-state index in [2.05, 4.69) is 35.8 Å². The first-order valence-electron chi connectivity index (χ1n) is 13.4. The highest BCUT2D eigenvalue weighted by molar-refractivity contribution is 5.84. The number of amides is 1. The summed E-state index contributed by atoms with van der Waals surface area (Å²) in [5.74, 6) is -0.489. The minimum absolute atomic E-state index is 0.101. The molecule has 1 aliphatic carbocycles. The highest BCUT2D eigenvalue weighted by Gasteiger charge is 2.40. The van der Waals surface area contributed by atoms with E-state index in [0.29, 0.717) is 35.8 Å². The Kier molecular flexibility index (Phi) is 9.61. The van der Waals surface area contributed by atoms with Crippen LogP contribution in [0.15, 0.2) is 60.3 Å². The van der Waals surface area contributed by atoms with Crippen LogP contribution in [0, 0.1) is 5.92 Å². The Morgan fingerprint density at radius 2 is 1.85 bits per heavy atom. The second-order valence-corrected chi connectivity index (χ2v) is 10.3. The third-order valence-corrected chi connectivity index (χ3v) is 6.83. The van der Waals surface area contributed by atoms with Crippen molar-refractivity contribution in [3.63, 3.8) is 0 Å². The fourth-order valence-corrected chi connectivity index (χ4v) is 4.77. The van der Waals surface area contributed by atoms with Gasteiger partial charge in [0.15, 0.2) is 17.0 Å². The molecule has 220 valence electrons. The normalized spacial score (nSPS) is 15.7. The second-order valence-electron chi connectivity index (χ2n) is 10.3. The Morgan fingerprint density at radius 1 is 1.10 bits per heavy atom. The van der Waals surface area contributed by atoms with Gasteiger partial charge in [0.2, 0.25) is 5.91 Å². The fourth-order valence-electron chi connectivity index (χ4n) is 4.77. The number of fused-ring (bicyclic) bond motifs is 1. The Bertz CT molecular complexity index is 1400. The smallest absolute Gasteiger partial charge is 0.376 e.